The molecule has 0 aliphatic carbocycles. The van der Waals surface area contributed by atoms with Crippen LogP contribution in [-0.4, -0.2) is 10.8 Å². The Morgan fingerprint density at radius 2 is 1.75 bits per heavy atom. The largest absolute Gasteiger partial charge is 0.319 e. The van der Waals surface area contributed by atoms with Crippen molar-refractivity contribution < 1.29 is 18.5 Å². The van der Waals surface area contributed by atoms with Gasteiger partial charge in [-0.25, -0.2) is 4.39 Å². The highest BCUT2D eigenvalue weighted by Crippen LogP contribution is 2.25. The van der Waals surface area contributed by atoms with E-state index in [1.54, 1.807) is 18.2 Å². The number of nitro groups is 1. The monoisotopic (exact) mass is 278 g/mol. The molecule has 0 spiro atoms. The molecule has 0 saturated heterocycles. The van der Waals surface area contributed by atoms with Crippen molar-refractivity contribution >= 4 is 17.3 Å². The SMILES string of the molecule is O=C(Nc1cc([N+](=O)[O-])c(F)cc1F)c1ccccc1. The summed E-state index contributed by atoms with van der Waals surface area (Å²) < 4.78 is 26.6. The molecule has 1 N–H and O–H groups in total. The van der Waals surface area contributed by atoms with E-state index in [-0.39, 0.29) is 5.56 Å². The van der Waals surface area contributed by atoms with Crippen molar-refractivity contribution in [1.82, 2.24) is 0 Å². The van der Waals surface area contributed by atoms with Gasteiger partial charge in [-0.05, 0) is 12.1 Å². The molecule has 0 aliphatic heterocycles. The van der Waals surface area contributed by atoms with Crippen LogP contribution in [0.5, 0.6) is 0 Å². The van der Waals surface area contributed by atoms with Crippen LogP contribution in [-0.2, 0) is 0 Å². The number of hydrogen-bond acceptors (Lipinski definition) is 3. The van der Waals surface area contributed by atoms with Gasteiger partial charge in [0.15, 0.2) is 0 Å². The van der Waals surface area contributed by atoms with Crippen molar-refractivity contribution in [2.45, 2.75) is 0 Å². The maximum Gasteiger partial charge on any atom is 0.307 e. The van der Waals surface area contributed by atoms with Gasteiger partial charge in [0.05, 0.1) is 10.6 Å². The fourth-order valence-corrected chi connectivity index (χ4v) is 1.56. The van der Waals surface area contributed by atoms with Crippen LogP contribution in [0.3, 0.4) is 0 Å². The van der Waals surface area contributed by atoms with Crippen molar-refractivity contribution in [3.8, 4) is 0 Å². The third-order valence-electron chi connectivity index (χ3n) is 2.52. The summed E-state index contributed by atoms with van der Waals surface area (Å²) in [7, 11) is 0. The second kappa shape index (κ2) is 5.43. The fraction of sp³-hybridized carbons (Fsp3) is 0. The maximum atomic E-state index is 13.5. The van der Waals surface area contributed by atoms with E-state index >= 15 is 0 Å². The summed E-state index contributed by atoms with van der Waals surface area (Å²) in [6.45, 7) is 0. The minimum absolute atomic E-state index is 0.249. The number of nitro benzene ring substituents is 1. The van der Waals surface area contributed by atoms with Crippen molar-refractivity contribution in [3.05, 3.63) is 69.8 Å². The van der Waals surface area contributed by atoms with Crippen LogP contribution in [0, 0.1) is 21.7 Å². The van der Waals surface area contributed by atoms with Gasteiger partial charge in [-0.1, -0.05) is 18.2 Å². The Labute approximate surface area is 112 Å². The predicted molar refractivity (Wildman–Crippen MR) is 67.4 cm³/mol. The Balaban J connectivity index is 2.32. The Morgan fingerprint density at radius 1 is 1.10 bits per heavy atom. The Bertz CT molecular complexity index is 675. The molecule has 0 fully saturated rings. The summed E-state index contributed by atoms with van der Waals surface area (Å²) in [5.41, 5.74) is -1.11. The molecule has 2 aromatic rings. The third-order valence-corrected chi connectivity index (χ3v) is 2.52. The topological polar surface area (TPSA) is 72.2 Å². The van der Waals surface area contributed by atoms with Crippen LogP contribution in [0.4, 0.5) is 20.2 Å². The van der Waals surface area contributed by atoms with Gasteiger partial charge in [0.1, 0.15) is 5.82 Å². The molecule has 0 unspecified atom stereocenters. The number of rotatable bonds is 3. The first-order valence-electron chi connectivity index (χ1n) is 5.49. The standard InChI is InChI=1S/C13H8F2N2O3/c14-9-6-10(15)12(17(19)20)7-11(9)16-13(18)8-4-2-1-3-5-8/h1-7H,(H,16,18). The molecule has 0 radical (unpaired) electrons. The zero-order chi connectivity index (χ0) is 14.7. The van der Waals surface area contributed by atoms with Gasteiger partial charge in [-0.2, -0.15) is 4.39 Å². The molecule has 7 heteroatoms. The molecule has 5 nitrogen and oxygen atoms in total. The van der Waals surface area contributed by atoms with Gasteiger partial charge < -0.3 is 5.32 Å². The van der Waals surface area contributed by atoms with Crippen LogP contribution in [0.15, 0.2) is 42.5 Å². The molecular formula is C13H8F2N2O3. The molecule has 0 saturated carbocycles. The summed E-state index contributed by atoms with van der Waals surface area (Å²) in [4.78, 5) is 21.4. The molecular weight excluding hydrogens is 270 g/mol. The number of carbonyl (C=O) groups excluding carboxylic acids is 1. The lowest BCUT2D eigenvalue weighted by atomic mass is 10.2. The normalized spacial score (nSPS) is 10.1. The second-order valence-electron chi connectivity index (χ2n) is 3.86. The Kier molecular flexibility index (Phi) is 3.69. The molecule has 102 valence electrons. The average molecular weight is 278 g/mol. The van der Waals surface area contributed by atoms with Gasteiger partial charge in [-0.3, -0.25) is 14.9 Å². The molecule has 0 aromatic heterocycles. The number of halogens is 2. The van der Waals surface area contributed by atoms with Crippen molar-refractivity contribution in [2.24, 2.45) is 0 Å². The Morgan fingerprint density at radius 3 is 2.35 bits per heavy atom. The highest BCUT2D eigenvalue weighted by molar-refractivity contribution is 6.04. The number of nitrogens with zero attached hydrogens (tertiary/aromatic N) is 1. The van der Waals surface area contributed by atoms with Crippen LogP contribution in [0.1, 0.15) is 10.4 Å². The lowest BCUT2D eigenvalue weighted by molar-refractivity contribution is -0.387. The Hall–Kier alpha value is -2.83. The van der Waals surface area contributed by atoms with Crippen molar-refractivity contribution in [1.29, 1.82) is 0 Å². The summed E-state index contributed by atoms with van der Waals surface area (Å²) in [5, 5.41) is 12.7. The van der Waals surface area contributed by atoms with Gasteiger partial charge in [0, 0.05) is 17.7 Å². The first-order valence-corrected chi connectivity index (χ1v) is 5.49. The summed E-state index contributed by atoms with van der Waals surface area (Å²) in [6.07, 6.45) is 0. The third kappa shape index (κ3) is 2.77. The smallest absolute Gasteiger partial charge is 0.307 e. The molecule has 0 aliphatic rings. The molecule has 0 bridgehead atoms. The maximum absolute atomic E-state index is 13.5. The van der Waals surface area contributed by atoms with Crippen LogP contribution < -0.4 is 5.32 Å². The average Bonchev–Trinajstić information content (AvgIpc) is 2.42. The van der Waals surface area contributed by atoms with Gasteiger partial charge >= 0.3 is 5.69 Å². The van der Waals surface area contributed by atoms with Gasteiger partial charge in [0.2, 0.25) is 5.82 Å². The van der Waals surface area contributed by atoms with E-state index in [0.29, 0.717) is 12.1 Å². The van der Waals surface area contributed by atoms with E-state index < -0.39 is 33.8 Å². The van der Waals surface area contributed by atoms with E-state index in [9.17, 15) is 23.7 Å². The number of benzene rings is 2. The number of carbonyl (C=O) groups is 1. The number of nitrogens with one attached hydrogen (secondary N) is 1. The van der Waals surface area contributed by atoms with E-state index in [2.05, 4.69) is 5.32 Å². The molecule has 2 rings (SSSR count). The first kappa shape index (κ1) is 13.6. The van der Waals surface area contributed by atoms with E-state index in [1.807, 2.05) is 0 Å². The van der Waals surface area contributed by atoms with Crippen LogP contribution >= 0.6 is 0 Å². The van der Waals surface area contributed by atoms with E-state index in [0.717, 1.165) is 0 Å². The zero-order valence-corrected chi connectivity index (χ0v) is 9.97. The molecule has 20 heavy (non-hydrogen) atoms. The number of anilines is 1. The molecule has 2 aromatic carbocycles. The zero-order valence-electron chi connectivity index (χ0n) is 9.97. The fourth-order valence-electron chi connectivity index (χ4n) is 1.56. The lowest BCUT2D eigenvalue weighted by Crippen LogP contribution is -2.13. The van der Waals surface area contributed by atoms with Crippen molar-refractivity contribution in [3.63, 3.8) is 0 Å². The lowest BCUT2D eigenvalue weighted by Gasteiger charge is -2.06. The molecule has 0 atom stereocenters. The van der Waals surface area contributed by atoms with E-state index in [1.165, 1.54) is 12.1 Å². The van der Waals surface area contributed by atoms with Crippen LogP contribution in [0.25, 0.3) is 0 Å². The highest BCUT2D eigenvalue weighted by atomic mass is 19.1. The molecule has 1 amide bonds. The minimum Gasteiger partial charge on any atom is -0.319 e. The van der Waals surface area contributed by atoms with Gasteiger partial charge in [0.25, 0.3) is 5.91 Å². The summed E-state index contributed by atoms with van der Waals surface area (Å²) in [6, 6.07) is 8.90. The quantitative estimate of drug-likeness (QED) is 0.692. The van der Waals surface area contributed by atoms with E-state index in [4.69, 9.17) is 0 Å². The summed E-state index contributed by atoms with van der Waals surface area (Å²) in [5.74, 6) is -3.03. The number of amides is 1. The second-order valence-corrected chi connectivity index (χ2v) is 3.86. The van der Waals surface area contributed by atoms with Crippen LogP contribution in [0.2, 0.25) is 0 Å². The highest BCUT2D eigenvalue weighted by Gasteiger charge is 2.19. The molecule has 0 heterocycles. The van der Waals surface area contributed by atoms with Crippen molar-refractivity contribution in [2.75, 3.05) is 5.32 Å². The first-order chi connectivity index (χ1) is 9.49. The minimum atomic E-state index is -1.30. The summed E-state index contributed by atoms with van der Waals surface area (Å²) >= 11 is 0. The predicted octanol–water partition coefficient (Wildman–Crippen LogP) is 3.13. The van der Waals surface area contributed by atoms with Gasteiger partial charge in [-0.15, -0.1) is 0 Å². The number of hydrogen-bond donors (Lipinski definition) is 1.